The fourth-order valence-corrected chi connectivity index (χ4v) is 7.33. The highest BCUT2D eigenvalue weighted by atomic mass is 31.1. The monoisotopic (exact) mass is 411 g/mol. The maximum atomic E-state index is 2.37. The van der Waals surface area contributed by atoms with Gasteiger partial charge in [0.1, 0.15) is 0 Å². The molecule has 4 rings (SSSR count). The zero-order valence-electron chi connectivity index (χ0n) is 18.3. The van der Waals surface area contributed by atoms with E-state index in [4.69, 9.17) is 0 Å². The molecule has 3 aromatic rings. The average molecular weight is 412 g/mol. The second-order valence-corrected chi connectivity index (χ2v) is 10.4. The number of rotatable bonds is 6. The minimum Gasteiger partial charge on any atom is -0.299 e. The van der Waals surface area contributed by atoms with Crippen molar-refractivity contribution in [2.75, 3.05) is 14.1 Å². The fraction of sp³-hybridized carbons (Fsp3) is 0.214. The first-order chi connectivity index (χ1) is 14.6. The van der Waals surface area contributed by atoms with E-state index < -0.39 is 7.92 Å². The molecule has 0 unspecified atom stereocenters. The Labute approximate surface area is 182 Å². The van der Waals surface area contributed by atoms with E-state index in [0.29, 0.717) is 0 Å². The second kappa shape index (κ2) is 9.13. The van der Waals surface area contributed by atoms with Gasteiger partial charge in [0.25, 0.3) is 0 Å². The molecule has 0 saturated heterocycles. The van der Waals surface area contributed by atoms with Gasteiger partial charge >= 0.3 is 0 Å². The molecule has 0 bridgehead atoms. The van der Waals surface area contributed by atoms with Crippen molar-refractivity contribution in [3.05, 3.63) is 119 Å². The largest absolute Gasteiger partial charge is 0.299 e. The van der Waals surface area contributed by atoms with Gasteiger partial charge in [-0.15, -0.1) is 0 Å². The zero-order valence-corrected chi connectivity index (χ0v) is 19.2. The molecule has 1 aliphatic carbocycles. The highest BCUT2D eigenvalue weighted by Gasteiger charge is 2.30. The summed E-state index contributed by atoms with van der Waals surface area (Å²) < 4.78 is 0. The molecule has 0 fully saturated rings. The van der Waals surface area contributed by atoms with Gasteiger partial charge in [-0.1, -0.05) is 91.0 Å². The van der Waals surface area contributed by atoms with Gasteiger partial charge in [0, 0.05) is 0 Å². The van der Waals surface area contributed by atoms with Crippen LogP contribution in [0, 0.1) is 13.8 Å². The van der Waals surface area contributed by atoms with Gasteiger partial charge in [0.05, 0.1) is 6.04 Å². The summed E-state index contributed by atoms with van der Waals surface area (Å²) in [6.07, 6.45) is 5.76. The highest BCUT2D eigenvalue weighted by Crippen LogP contribution is 2.52. The van der Waals surface area contributed by atoms with Crippen molar-refractivity contribution in [1.29, 1.82) is 0 Å². The fourth-order valence-electron chi connectivity index (χ4n) is 4.42. The van der Waals surface area contributed by atoms with Gasteiger partial charge in [-0.2, -0.15) is 0 Å². The van der Waals surface area contributed by atoms with Gasteiger partial charge in [0.2, 0.25) is 0 Å². The first-order valence-electron chi connectivity index (χ1n) is 10.6. The van der Waals surface area contributed by atoms with E-state index in [0.717, 1.165) is 6.42 Å². The van der Waals surface area contributed by atoms with Crippen LogP contribution in [0.25, 0.3) is 0 Å². The molecule has 0 aliphatic heterocycles. The van der Waals surface area contributed by atoms with E-state index in [1.807, 2.05) is 0 Å². The summed E-state index contributed by atoms with van der Waals surface area (Å²) >= 11 is 0. The number of hydrogen-bond donors (Lipinski definition) is 0. The van der Waals surface area contributed by atoms with Crippen LogP contribution in [0.2, 0.25) is 0 Å². The minimum absolute atomic E-state index is 0.262. The van der Waals surface area contributed by atoms with Crippen molar-refractivity contribution >= 4 is 18.5 Å². The van der Waals surface area contributed by atoms with Crippen LogP contribution in [-0.4, -0.2) is 19.0 Å². The number of nitrogens with zero attached hydrogens (tertiary/aromatic N) is 1. The van der Waals surface area contributed by atoms with Crippen LogP contribution < -0.4 is 10.6 Å². The summed E-state index contributed by atoms with van der Waals surface area (Å²) in [5.41, 5.74) is 5.58. The van der Waals surface area contributed by atoms with Crippen LogP contribution in [0.15, 0.2) is 102 Å². The quantitative estimate of drug-likeness (QED) is 0.433. The minimum atomic E-state index is -0.590. The molecule has 30 heavy (non-hydrogen) atoms. The predicted molar refractivity (Wildman–Crippen MR) is 132 cm³/mol. The maximum absolute atomic E-state index is 2.37. The van der Waals surface area contributed by atoms with Crippen LogP contribution in [0.3, 0.4) is 0 Å². The lowest BCUT2D eigenvalue weighted by molar-refractivity contribution is 0.341. The first kappa shape index (κ1) is 20.8. The van der Waals surface area contributed by atoms with Gasteiger partial charge in [-0.3, -0.25) is 4.90 Å². The topological polar surface area (TPSA) is 3.24 Å². The standard InChI is InChI=1S/C28H30NP/c1-21-13-8-10-18-25(21)30(26-19-11-9-14-22(26)2)27-20-12-17-24(27)28(29(3)4)23-15-6-5-7-16-23/h5-19,28H,20H2,1-4H3/t28-/m1/s1. The maximum Gasteiger partial charge on any atom is 0.0600 e. The Morgan fingerprint density at radius 1 is 0.733 bits per heavy atom. The SMILES string of the molecule is Cc1ccccc1P(C1=C([C@@H](c2ccccc2)N(C)C)C=CC1)c1ccccc1C. The molecule has 0 saturated carbocycles. The number of allylic oxidation sites excluding steroid dienone is 2. The van der Waals surface area contributed by atoms with E-state index in [1.54, 1.807) is 5.31 Å². The van der Waals surface area contributed by atoms with Crippen molar-refractivity contribution < 1.29 is 0 Å². The Balaban J connectivity index is 1.94. The molecule has 1 aliphatic rings. The van der Waals surface area contributed by atoms with Crippen LogP contribution in [0.1, 0.15) is 29.2 Å². The summed E-state index contributed by atoms with van der Waals surface area (Å²) in [6.45, 7) is 4.51. The smallest absolute Gasteiger partial charge is 0.0600 e. The molecular weight excluding hydrogens is 381 g/mol. The Bertz CT molecular complexity index is 1030. The summed E-state index contributed by atoms with van der Waals surface area (Å²) in [5.74, 6) is 0. The lowest BCUT2D eigenvalue weighted by Gasteiger charge is -2.31. The third kappa shape index (κ3) is 4.06. The predicted octanol–water partition coefficient (Wildman–Crippen LogP) is 6.25. The average Bonchev–Trinajstić information content (AvgIpc) is 3.20. The van der Waals surface area contributed by atoms with Crippen LogP contribution in [0.5, 0.6) is 0 Å². The zero-order chi connectivity index (χ0) is 21.1. The van der Waals surface area contributed by atoms with Crippen LogP contribution in [-0.2, 0) is 0 Å². The van der Waals surface area contributed by atoms with Crippen molar-refractivity contribution in [1.82, 2.24) is 4.90 Å². The van der Waals surface area contributed by atoms with Gasteiger partial charge < -0.3 is 0 Å². The Morgan fingerprint density at radius 3 is 1.80 bits per heavy atom. The molecule has 0 N–H and O–H groups in total. The van der Waals surface area contributed by atoms with E-state index in [-0.39, 0.29) is 6.04 Å². The Hall–Kier alpha value is -2.47. The van der Waals surface area contributed by atoms with Gasteiger partial charge in [-0.05, 0) is 80.5 Å². The Morgan fingerprint density at radius 2 is 1.27 bits per heavy atom. The Kier molecular flexibility index (Phi) is 6.32. The van der Waals surface area contributed by atoms with E-state index in [2.05, 4.69) is 124 Å². The van der Waals surface area contributed by atoms with E-state index in [9.17, 15) is 0 Å². The number of aryl methyl sites for hydroxylation is 2. The molecule has 3 aromatic carbocycles. The van der Waals surface area contributed by atoms with Crippen LogP contribution >= 0.6 is 7.92 Å². The molecule has 152 valence electrons. The van der Waals surface area contributed by atoms with Crippen molar-refractivity contribution in [3.8, 4) is 0 Å². The lowest BCUT2D eigenvalue weighted by atomic mass is 9.98. The van der Waals surface area contributed by atoms with Crippen molar-refractivity contribution in [2.24, 2.45) is 0 Å². The third-order valence-electron chi connectivity index (χ3n) is 5.85. The second-order valence-electron chi connectivity index (χ2n) is 8.19. The van der Waals surface area contributed by atoms with Gasteiger partial charge in [-0.25, -0.2) is 0 Å². The number of likely N-dealkylation sites (N-methyl/N-ethyl adjacent to an activating group) is 1. The molecule has 1 atom stereocenters. The van der Waals surface area contributed by atoms with E-state index >= 15 is 0 Å². The summed E-state index contributed by atoms with van der Waals surface area (Å²) in [5, 5.41) is 4.53. The summed E-state index contributed by atoms with van der Waals surface area (Å²) in [7, 11) is 3.80. The number of benzene rings is 3. The lowest BCUT2D eigenvalue weighted by Crippen LogP contribution is -2.23. The summed E-state index contributed by atoms with van der Waals surface area (Å²) in [6, 6.07) is 29.0. The molecule has 1 nitrogen and oxygen atoms in total. The molecular formula is C28H30NP. The molecule has 0 radical (unpaired) electrons. The van der Waals surface area contributed by atoms with Crippen molar-refractivity contribution in [2.45, 2.75) is 26.3 Å². The summed E-state index contributed by atoms with van der Waals surface area (Å²) in [4.78, 5) is 2.35. The molecule has 0 heterocycles. The first-order valence-corrected chi connectivity index (χ1v) is 11.9. The molecule has 2 heteroatoms. The van der Waals surface area contributed by atoms with E-state index in [1.165, 1.54) is 32.9 Å². The van der Waals surface area contributed by atoms with Crippen LogP contribution in [0.4, 0.5) is 0 Å². The molecule has 0 amide bonds. The third-order valence-corrected chi connectivity index (χ3v) is 8.80. The molecule has 0 aromatic heterocycles. The number of hydrogen-bond acceptors (Lipinski definition) is 1. The van der Waals surface area contributed by atoms with Crippen molar-refractivity contribution in [3.63, 3.8) is 0 Å². The van der Waals surface area contributed by atoms with Gasteiger partial charge in [0.15, 0.2) is 0 Å². The highest BCUT2D eigenvalue weighted by molar-refractivity contribution is 7.77. The molecule has 0 spiro atoms. The normalized spacial score (nSPS) is 14.7.